The van der Waals surface area contributed by atoms with E-state index in [1.54, 1.807) is 12.4 Å². The SMILES string of the molecule is O=C(N[C@@H](CO)Cc1ccncc1)[C@H]1CCCN1c1ccccc1. The maximum absolute atomic E-state index is 12.7. The number of hydrogen-bond donors (Lipinski definition) is 2. The van der Waals surface area contributed by atoms with Gasteiger partial charge in [-0.3, -0.25) is 9.78 Å². The normalized spacial score (nSPS) is 18.4. The Labute approximate surface area is 142 Å². The van der Waals surface area contributed by atoms with Gasteiger partial charge in [-0.25, -0.2) is 0 Å². The fourth-order valence-electron chi connectivity index (χ4n) is 3.23. The molecule has 2 aromatic rings. The van der Waals surface area contributed by atoms with E-state index in [4.69, 9.17) is 0 Å². The van der Waals surface area contributed by atoms with E-state index in [0.29, 0.717) is 6.42 Å². The molecule has 5 nitrogen and oxygen atoms in total. The Bertz CT molecular complexity index is 648. The second-order valence-corrected chi connectivity index (χ2v) is 6.13. The minimum Gasteiger partial charge on any atom is -0.394 e. The lowest BCUT2D eigenvalue weighted by Crippen LogP contribution is -2.48. The number of para-hydroxylation sites is 1. The number of anilines is 1. The summed E-state index contributed by atoms with van der Waals surface area (Å²) in [6.07, 6.45) is 5.89. The number of aromatic nitrogens is 1. The minimum atomic E-state index is -0.280. The Balaban J connectivity index is 1.64. The number of carbonyl (C=O) groups is 1. The Morgan fingerprint density at radius 1 is 1.25 bits per heavy atom. The van der Waals surface area contributed by atoms with Crippen molar-refractivity contribution in [2.24, 2.45) is 0 Å². The average Bonchev–Trinajstić information content (AvgIpc) is 3.12. The van der Waals surface area contributed by atoms with Crippen molar-refractivity contribution in [3.05, 3.63) is 60.4 Å². The molecule has 3 rings (SSSR count). The van der Waals surface area contributed by atoms with Crippen LogP contribution in [0.1, 0.15) is 18.4 Å². The first kappa shape index (κ1) is 16.5. The van der Waals surface area contributed by atoms with E-state index in [0.717, 1.165) is 30.6 Å². The standard InChI is InChI=1S/C19H23N3O2/c23-14-16(13-15-8-10-20-11-9-15)21-19(24)18-7-4-12-22(18)17-5-2-1-3-6-17/h1-3,5-6,8-11,16,18,23H,4,7,12-14H2,(H,21,24)/t16-,18-/m1/s1. The summed E-state index contributed by atoms with van der Waals surface area (Å²) < 4.78 is 0. The molecule has 0 spiro atoms. The van der Waals surface area contributed by atoms with Gasteiger partial charge in [-0.1, -0.05) is 18.2 Å². The molecular weight excluding hydrogens is 302 g/mol. The lowest BCUT2D eigenvalue weighted by molar-refractivity contribution is -0.123. The maximum atomic E-state index is 12.7. The molecule has 1 fully saturated rings. The highest BCUT2D eigenvalue weighted by molar-refractivity contribution is 5.86. The highest BCUT2D eigenvalue weighted by Crippen LogP contribution is 2.25. The van der Waals surface area contributed by atoms with E-state index in [1.807, 2.05) is 42.5 Å². The zero-order valence-electron chi connectivity index (χ0n) is 13.6. The summed E-state index contributed by atoms with van der Waals surface area (Å²) in [5.41, 5.74) is 2.13. The molecule has 126 valence electrons. The van der Waals surface area contributed by atoms with Crippen molar-refractivity contribution in [2.75, 3.05) is 18.1 Å². The van der Waals surface area contributed by atoms with Gasteiger partial charge in [0.2, 0.25) is 5.91 Å². The van der Waals surface area contributed by atoms with Gasteiger partial charge < -0.3 is 15.3 Å². The molecule has 0 bridgehead atoms. The molecule has 1 aromatic heterocycles. The van der Waals surface area contributed by atoms with Crippen molar-refractivity contribution in [1.29, 1.82) is 0 Å². The molecular formula is C19H23N3O2. The highest BCUT2D eigenvalue weighted by atomic mass is 16.3. The summed E-state index contributed by atoms with van der Waals surface area (Å²) in [5, 5.41) is 12.6. The van der Waals surface area contributed by atoms with Gasteiger partial charge in [-0.05, 0) is 49.1 Å². The fraction of sp³-hybridized carbons (Fsp3) is 0.368. The van der Waals surface area contributed by atoms with Gasteiger partial charge in [0, 0.05) is 24.6 Å². The molecule has 1 aliphatic heterocycles. The van der Waals surface area contributed by atoms with Gasteiger partial charge in [0.25, 0.3) is 0 Å². The van der Waals surface area contributed by atoms with E-state index < -0.39 is 0 Å². The van der Waals surface area contributed by atoms with Crippen LogP contribution in [0.2, 0.25) is 0 Å². The fourth-order valence-corrected chi connectivity index (χ4v) is 3.23. The molecule has 1 aliphatic rings. The van der Waals surface area contributed by atoms with E-state index >= 15 is 0 Å². The number of amides is 1. The van der Waals surface area contributed by atoms with Crippen LogP contribution in [0.5, 0.6) is 0 Å². The highest BCUT2D eigenvalue weighted by Gasteiger charge is 2.31. The molecule has 1 saturated heterocycles. The summed E-state index contributed by atoms with van der Waals surface area (Å²) in [6.45, 7) is 0.808. The average molecular weight is 325 g/mol. The molecule has 2 heterocycles. The first-order valence-corrected chi connectivity index (χ1v) is 8.40. The summed E-state index contributed by atoms with van der Waals surface area (Å²) >= 11 is 0. The van der Waals surface area contributed by atoms with Gasteiger partial charge in [-0.2, -0.15) is 0 Å². The molecule has 0 saturated carbocycles. The van der Waals surface area contributed by atoms with E-state index in [1.165, 1.54) is 0 Å². The predicted octanol–water partition coefficient (Wildman–Crippen LogP) is 1.77. The lowest BCUT2D eigenvalue weighted by atomic mass is 10.1. The summed E-state index contributed by atoms with van der Waals surface area (Å²) in [4.78, 5) is 18.9. The van der Waals surface area contributed by atoms with Gasteiger partial charge in [0.1, 0.15) is 6.04 Å². The summed E-state index contributed by atoms with van der Waals surface area (Å²) in [6, 6.07) is 13.4. The third-order valence-corrected chi connectivity index (χ3v) is 4.44. The first-order chi connectivity index (χ1) is 11.8. The monoisotopic (exact) mass is 325 g/mol. The van der Waals surface area contributed by atoms with Crippen LogP contribution in [-0.4, -0.2) is 41.2 Å². The van der Waals surface area contributed by atoms with E-state index in [-0.39, 0.29) is 24.6 Å². The van der Waals surface area contributed by atoms with Crippen LogP contribution >= 0.6 is 0 Å². The Kier molecular flexibility index (Phi) is 5.43. The zero-order valence-corrected chi connectivity index (χ0v) is 13.6. The van der Waals surface area contributed by atoms with Crippen molar-refractivity contribution in [3.63, 3.8) is 0 Å². The largest absolute Gasteiger partial charge is 0.394 e. The zero-order chi connectivity index (χ0) is 16.8. The van der Waals surface area contributed by atoms with Crippen LogP contribution in [0.15, 0.2) is 54.9 Å². The van der Waals surface area contributed by atoms with Gasteiger partial charge >= 0.3 is 0 Å². The molecule has 0 aliphatic carbocycles. The van der Waals surface area contributed by atoms with Crippen LogP contribution in [0.25, 0.3) is 0 Å². The second-order valence-electron chi connectivity index (χ2n) is 6.13. The van der Waals surface area contributed by atoms with Crippen molar-refractivity contribution in [3.8, 4) is 0 Å². The number of nitrogens with zero attached hydrogens (tertiary/aromatic N) is 2. The molecule has 0 unspecified atom stereocenters. The Hall–Kier alpha value is -2.40. The van der Waals surface area contributed by atoms with Gasteiger partial charge in [0.15, 0.2) is 0 Å². The molecule has 2 N–H and O–H groups in total. The molecule has 1 aromatic carbocycles. The van der Waals surface area contributed by atoms with Crippen LogP contribution in [-0.2, 0) is 11.2 Å². The van der Waals surface area contributed by atoms with Crippen molar-refractivity contribution < 1.29 is 9.90 Å². The number of benzene rings is 1. The van der Waals surface area contributed by atoms with Crippen molar-refractivity contribution >= 4 is 11.6 Å². The molecule has 24 heavy (non-hydrogen) atoms. The second kappa shape index (κ2) is 7.93. The number of rotatable bonds is 6. The topological polar surface area (TPSA) is 65.5 Å². The van der Waals surface area contributed by atoms with E-state index in [9.17, 15) is 9.90 Å². The van der Waals surface area contributed by atoms with Crippen LogP contribution in [0, 0.1) is 0 Å². The first-order valence-electron chi connectivity index (χ1n) is 8.40. The molecule has 2 atom stereocenters. The Morgan fingerprint density at radius 3 is 2.71 bits per heavy atom. The minimum absolute atomic E-state index is 0.00976. The molecule has 1 amide bonds. The third-order valence-electron chi connectivity index (χ3n) is 4.44. The maximum Gasteiger partial charge on any atom is 0.243 e. The van der Waals surface area contributed by atoms with Crippen LogP contribution in [0.4, 0.5) is 5.69 Å². The lowest BCUT2D eigenvalue weighted by Gasteiger charge is -2.27. The molecule has 5 heteroatoms. The number of pyridine rings is 1. The van der Waals surface area contributed by atoms with Crippen molar-refractivity contribution in [2.45, 2.75) is 31.3 Å². The Morgan fingerprint density at radius 2 is 2.00 bits per heavy atom. The number of aliphatic hydroxyl groups excluding tert-OH is 1. The van der Waals surface area contributed by atoms with E-state index in [2.05, 4.69) is 15.2 Å². The third kappa shape index (κ3) is 3.92. The summed E-state index contributed by atoms with van der Waals surface area (Å²) in [5.74, 6) is -0.00976. The number of carbonyl (C=O) groups excluding carboxylic acids is 1. The predicted molar refractivity (Wildman–Crippen MR) is 93.8 cm³/mol. The van der Waals surface area contributed by atoms with Crippen molar-refractivity contribution in [1.82, 2.24) is 10.3 Å². The van der Waals surface area contributed by atoms with Crippen LogP contribution in [0.3, 0.4) is 0 Å². The van der Waals surface area contributed by atoms with Gasteiger partial charge in [0.05, 0.1) is 12.6 Å². The summed E-state index contributed by atoms with van der Waals surface area (Å²) in [7, 11) is 0. The van der Waals surface area contributed by atoms with Gasteiger partial charge in [-0.15, -0.1) is 0 Å². The quantitative estimate of drug-likeness (QED) is 0.849. The molecule has 0 radical (unpaired) electrons. The number of nitrogens with one attached hydrogen (secondary N) is 1. The smallest absolute Gasteiger partial charge is 0.243 e. The van der Waals surface area contributed by atoms with Crippen LogP contribution < -0.4 is 10.2 Å². The number of aliphatic hydroxyl groups is 1. The number of hydrogen-bond acceptors (Lipinski definition) is 4.